The number of rotatable bonds is 7. The molecule has 3 amide bonds. The van der Waals surface area contributed by atoms with Gasteiger partial charge in [0.25, 0.3) is 11.8 Å². The van der Waals surface area contributed by atoms with Crippen LogP contribution in [0.1, 0.15) is 36.0 Å². The van der Waals surface area contributed by atoms with Gasteiger partial charge in [0.15, 0.2) is 6.61 Å². The lowest BCUT2D eigenvalue weighted by Crippen LogP contribution is -2.43. The maximum atomic E-state index is 12.8. The Kier molecular flexibility index (Phi) is 6.50. The van der Waals surface area contributed by atoms with E-state index >= 15 is 0 Å². The van der Waals surface area contributed by atoms with Crippen LogP contribution >= 0.6 is 0 Å². The summed E-state index contributed by atoms with van der Waals surface area (Å²) in [6, 6.07) is 16.6. The smallest absolute Gasteiger partial charge is 0.260 e. The minimum absolute atomic E-state index is 0.00957. The van der Waals surface area contributed by atoms with Crippen molar-refractivity contribution in [1.82, 2.24) is 10.2 Å². The van der Waals surface area contributed by atoms with Gasteiger partial charge in [0, 0.05) is 25.0 Å². The summed E-state index contributed by atoms with van der Waals surface area (Å²) in [5.41, 5.74) is 1.01. The maximum Gasteiger partial charge on any atom is 0.260 e. The molecule has 0 bridgehead atoms. The quantitative estimate of drug-likeness (QED) is 0.720. The zero-order valence-electron chi connectivity index (χ0n) is 17.4. The molecule has 2 aliphatic rings. The van der Waals surface area contributed by atoms with Crippen molar-refractivity contribution < 1.29 is 19.1 Å². The normalized spacial score (nSPS) is 16.5. The number of hydrogen-bond donors (Lipinski definition) is 2. The Morgan fingerprint density at radius 3 is 2.29 bits per heavy atom. The second-order valence-electron chi connectivity index (χ2n) is 8.04. The average molecular weight is 421 g/mol. The number of carbonyl (C=O) groups excluding carboxylic acids is 3. The zero-order valence-corrected chi connectivity index (χ0v) is 17.4. The number of carbonyl (C=O) groups is 3. The third kappa shape index (κ3) is 5.63. The molecule has 7 heteroatoms. The van der Waals surface area contributed by atoms with Crippen molar-refractivity contribution in [2.24, 2.45) is 5.92 Å². The second-order valence-corrected chi connectivity index (χ2v) is 8.04. The molecule has 4 rings (SSSR count). The first-order valence-corrected chi connectivity index (χ1v) is 10.8. The predicted molar refractivity (Wildman–Crippen MR) is 117 cm³/mol. The molecule has 2 fully saturated rings. The van der Waals surface area contributed by atoms with Gasteiger partial charge in [-0.25, -0.2) is 0 Å². The lowest BCUT2D eigenvalue weighted by atomic mass is 9.95. The summed E-state index contributed by atoms with van der Waals surface area (Å²) in [6.45, 7) is 1.02. The Hall–Kier alpha value is -3.35. The van der Waals surface area contributed by atoms with E-state index in [0.29, 0.717) is 42.9 Å². The van der Waals surface area contributed by atoms with Gasteiger partial charge in [-0.05, 0) is 49.9 Å². The SMILES string of the molecule is O=C(NC1CC1)c1ccccc1NC(=O)C1CCN(C(=O)COc2ccccc2)CC1. The summed E-state index contributed by atoms with van der Waals surface area (Å²) in [5.74, 6) is 0.120. The zero-order chi connectivity index (χ0) is 21.6. The van der Waals surface area contributed by atoms with E-state index in [1.807, 2.05) is 30.3 Å². The number of benzene rings is 2. The van der Waals surface area contributed by atoms with Gasteiger partial charge < -0.3 is 20.3 Å². The summed E-state index contributed by atoms with van der Waals surface area (Å²) in [6.07, 6.45) is 3.18. The van der Waals surface area contributed by atoms with Gasteiger partial charge in [-0.1, -0.05) is 30.3 Å². The number of para-hydroxylation sites is 2. The summed E-state index contributed by atoms with van der Waals surface area (Å²) < 4.78 is 5.53. The molecule has 2 aromatic carbocycles. The molecule has 1 aliphatic heterocycles. The number of amides is 3. The molecule has 1 aliphatic carbocycles. The number of anilines is 1. The van der Waals surface area contributed by atoms with Crippen LogP contribution < -0.4 is 15.4 Å². The monoisotopic (exact) mass is 421 g/mol. The Morgan fingerprint density at radius 1 is 0.903 bits per heavy atom. The molecule has 0 aromatic heterocycles. The van der Waals surface area contributed by atoms with E-state index < -0.39 is 0 Å². The van der Waals surface area contributed by atoms with Crippen LogP contribution in [0, 0.1) is 5.92 Å². The summed E-state index contributed by atoms with van der Waals surface area (Å²) in [4.78, 5) is 39.4. The average Bonchev–Trinajstić information content (AvgIpc) is 3.62. The van der Waals surface area contributed by atoms with Crippen molar-refractivity contribution in [1.29, 1.82) is 0 Å². The fraction of sp³-hybridized carbons (Fsp3) is 0.375. The molecule has 1 heterocycles. The Balaban J connectivity index is 1.27. The van der Waals surface area contributed by atoms with E-state index in [9.17, 15) is 14.4 Å². The van der Waals surface area contributed by atoms with Crippen molar-refractivity contribution in [3.63, 3.8) is 0 Å². The first kappa shape index (κ1) is 20.9. The van der Waals surface area contributed by atoms with Crippen LogP contribution in [-0.2, 0) is 9.59 Å². The highest BCUT2D eigenvalue weighted by Gasteiger charge is 2.29. The molecule has 1 saturated heterocycles. The second kappa shape index (κ2) is 9.64. The van der Waals surface area contributed by atoms with Crippen LogP contribution in [-0.4, -0.2) is 48.4 Å². The minimum atomic E-state index is -0.196. The first-order chi connectivity index (χ1) is 15.1. The third-order valence-corrected chi connectivity index (χ3v) is 5.67. The molecular formula is C24H27N3O4. The number of piperidine rings is 1. The van der Waals surface area contributed by atoms with Crippen LogP contribution in [0.25, 0.3) is 0 Å². The van der Waals surface area contributed by atoms with E-state index in [1.54, 1.807) is 29.2 Å². The van der Waals surface area contributed by atoms with Crippen molar-refractivity contribution >= 4 is 23.4 Å². The molecule has 162 valence electrons. The van der Waals surface area contributed by atoms with Crippen molar-refractivity contribution in [3.05, 3.63) is 60.2 Å². The van der Waals surface area contributed by atoms with Gasteiger partial charge >= 0.3 is 0 Å². The van der Waals surface area contributed by atoms with Crippen LogP contribution in [0.3, 0.4) is 0 Å². The van der Waals surface area contributed by atoms with Gasteiger partial charge in [0.2, 0.25) is 5.91 Å². The Morgan fingerprint density at radius 2 is 1.58 bits per heavy atom. The molecule has 0 spiro atoms. The van der Waals surface area contributed by atoms with E-state index in [0.717, 1.165) is 12.8 Å². The van der Waals surface area contributed by atoms with Gasteiger partial charge in [-0.15, -0.1) is 0 Å². The van der Waals surface area contributed by atoms with Crippen molar-refractivity contribution in [3.8, 4) is 5.75 Å². The molecule has 0 unspecified atom stereocenters. The highest BCUT2D eigenvalue weighted by atomic mass is 16.5. The van der Waals surface area contributed by atoms with Crippen LogP contribution in [0.4, 0.5) is 5.69 Å². The fourth-order valence-corrected chi connectivity index (χ4v) is 3.66. The Labute approximate surface area is 181 Å². The third-order valence-electron chi connectivity index (χ3n) is 5.67. The molecule has 0 atom stereocenters. The van der Waals surface area contributed by atoms with Crippen molar-refractivity contribution in [2.45, 2.75) is 31.7 Å². The van der Waals surface area contributed by atoms with E-state index in [2.05, 4.69) is 10.6 Å². The molecule has 2 aromatic rings. The number of nitrogens with zero attached hydrogens (tertiary/aromatic N) is 1. The minimum Gasteiger partial charge on any atom is -0.484 e. The number of likely N-dealkylation sites (tertiary alicyclic amines) is 1. The molecule has 31 heavy (non-hydrogen) atoms. The predicted octanol–water partition coefficient (Wildman–Crippen LogP) is 2.83. The number of ether oxygens (including phenoxy) is 1. The van der Waals surface area contributed by atoms with Crippen LogP contribution in [0.5, 0.6) is 5.75 Å². The van der Waals surface area contributed by atoms with E-state index in [-0.39, 0.29) is 36.3 Å². The summed E-state index contributed by atoms with van der Waals surface area (Å²) >= 11 is 0. The Bertz CT molecular complexity index is 935. The highest BCUT2D eigenvalue weighted by molar-refractivity contribution is 6.04. The summed E-state index contributed by atoms with van der Waals surface area (Å²) in [7, 11) is 0. The van der Waals surface area contributed by atoms with Crippen LogP contribution in [0.2, 0.25) is 0 Å². The van der Waals surface area contributed by atoms with Crippen LogP contribution in [0.15, 0.2) is 54.6 Å². The standard InChI is InChI=1S/C24H27N3O4/c28-22(16-31-19-6-2-1-3-7-19)27-14-12-17(13-15-27)23(29)26-21-9-5-4-8-20(21)24(30)25-18-10-11-18/h1-9,17-18H,10-16H2,(H,25,30)(H,26,29). The molecule has 1 saturated carbocycles. The number of nitrogens with one attached hydrogen (secondary N) is 2. The van der Waals surface area contributed by atoms with E-state index in [4.69, 9.17) is 4.74 Å². The topological polar surface area (TPSA) is 87.7 Å². The van der Waals surface area contributed by atoms with E-state index in [1.165, 1.54) is 0 Å². The van der Waals surface area contributed by atoms with Gasteiger partial charge in [-0.3, -0.25) is 14.4 Å². The van der Waals surface area contributed by atoms with Gasteiger partial charge in [0.05, 0.1) is 11.3 Å². The molecular weight excluding hydrogens is 394 g/mol. The maximum absolute atomic E-state index is 12.8. The lowest BCUT2D eigenvalue weighted by molar-refractivity contribution is -0.136. The highest BCUT2D eigenvalue weighted by Crippen LogP contribution is 2.24. The molecule has 2 N–H and O–H groups in total. The van der Waals surface area contributed by atoms with Gasteiger partial charge in [0.1, 0.15) is 5.75 Å². The van der Waals surface area contributed by atoms with Crippen molar-refractivity contribution in [2.75, 3.05) is 25.0 Å². The van der Waals surface area contributed by atoms with Gasteiger partial charge in [-0.2, -0.15) is 0 Å². The molecule has 7 nitrogen and oxygen atoms in total. The first-order valence-electron chi connectivity index (χ1n) is 10.8. The largest absolute Gasteiger partial charge is 0.484 e. The molecule has 0 radical (unpaired) electrons. The summed E-state index contributed by atoms with van der Waals surface area (Å²) in [5, 5.41) is 5.88. The fourth-order valence-electron chi connectivity index (χ4n) is 3.66. The number of hydrogen-bond acceptors (Lipinski definition) is 4. The lowest BCUT2D eigenvalue weighted by Gasteiger charge is -2.31.